The van der Waals surface area contributed by atoms with Crippen molar-refractivity contribution in [2.75, 3.05) is 13.6 Å². The molecule has 0 aromatic heterocycles. The van der Waals surface area contributed by atoms with E-state index in [9.17, 15) is 5.11 Å². The predicted molar refractivity (Wildman–Crippen MR) is 71.5 cm³/mol. The first-order chi connectivity index (χ1) is 8.19. The van der Waals surface area contributed by atoms with Crippen molar-refractivity contribution >= 4 is 11.6 Å². The molecule has 1 aromatic rings. The minimum Gasteiger partial charge on any atom is -0.392 e. The first-order valence-corrected chi connectivity index (χ1v) is 6.65. The number of rotatable bonds is 3. The highest BCUT2D eigenvalue weighted by atomic mass is 35.5. The molecule has 0 heterocycles. The van der Waals surface area contributed by atoms with Crippen LogP contribution in [0.4, 0.5) is 0 Å². The number of benzene rings is 1. The predicted octanol–water partition coefficient (Wildman–Crippen LogP) is 2.73. The maximum atomic E-state index is 10.4. The fourth-order valence-electron chi connectivity index (χ4n) is 2.98. The van der Waals surface area contributed by atoms with Crippen LogP contribution in [0.2, 0.25) is 5.02 Å². The van der Waals surface area contributed by atoms with E-state index in [0.29, 0.717) is 0 Å². The third kappa shape index (κ3) is 2.49. The molecule has 1 saturated carbocycles. The van der Waals surface area contributed by atoms with Crippen LogP contribution in [0, 0.1) is 0 Å². The first-order valence-electron chi connectivity index (χ1n) is 6.28. The molecule has 1 aromatic carbocycles. The largest absolute Gasteiger partial charge is 0.392 e. The summed E-state index contributed by atoms with van der Waals surface area (Å²) in [6.07, 6.45) is 3.92. The minimum atomic E-state index is -0.276. The number of aliphatic hydroxyl groups is 1. The Kier molecular flexibility index (Phi) is 4.08. The molecule has 2 N–H and O–H groups in total. The summed E-state index contributed by atoms with van der Waals surface area (Å²) in [5.41, 5.74) is 0.990. The Bertz CT molecular complexity index is 378. The highest BCUT2D eigenvalue weighted by Gasteiger charge is 2.40. The Morgan fingerprint density at radius 2 is 2.29 bits per heavy atom. The van der Waals surface area contributed by atoms with E-state index in [4.69, 9.17) is 11.6 Å². The Labute approximate surface area is 108 Å². The lowest BCUT2D eigenvalue weighted by molar-refractivity contribution is 0.0424. The summed E-state index contributed by atoms with van der Waals surface area (Å²) >= 11 is 6.07. The van der Waals surface area contributed by atoms with Gasteiger partial charge in [-0.2, -0.15) is 0 Å². The van der Waals surface area contributed by atoms with Gasteiger partial charge in [-0.25, -0.2) is 0 Å². The molecule has 94 valence electrons. The second-order valence-corrected chi connectivity index (χ2v) is 5.39. The maximum Gasteiger partial charge on any atom is 0.0649 e. The standard InChI is InChI=1S/C14H20ClNO/c1-16-10-14(8-3-2-7-13(14)17)11-5-4-6-12(15)9-11/h4-6,9,13,16-17H,2-3,7-8,10H2,1H3/t13-,14-/m1/s1. The van der Waals surface area contributed by atoms with E-state index in [1.807, 2.05) is 25.2 Å². The Morgan fingerprint density at radius 3 is 2.94 bits per heavy atom. The zero-order valence-electron chi connectivity index (χ0n) is 10.2. The number of hydrogen-bond acceptors (Lipinski definition) is 2. The summed E-state index contributed by atoms with van der Waals surface area (Å²) < 4.78 is 0. The molecule has 1 aliphatic carbocycles. The fraction of sp³-hybridized carbons (Fsp3) is 0.571. The molecule has 2 atom stereocenters. The topological polar surface area (TPSA) is 32.3 Å². The van der Waals surface area contributed by atoms with E-state index in [0.717, 1.165) is 36.4 Å². The molecular formula is C14H20ClNO. The first kappa shape index (κ1) is 12.9. The van der Waals surface area contributed by atoms with Gasteiger partial charge in [0, 0.05) is 17.0 Å². The van der Waals surface area contributed by atoms with Crippen LogP contribution in [-0.2, 0) is 5.41 Å². The molecule has 2 rings (SSSR count). The van der Waals surface area contributed by atoms with Gasteiger partial charge in [0.05, 0.1) is 6.10 Å². The van der Waals surface area contributed by atoms with Crippen molar-refractivity contribution in [1.82, 2.24) is 5.32 Å². The zero-order chi connectivity index (χ0) is 12.3. The van der Waals surface area contributed by atoms with Gasteiger partial charge in [0.25, 0.3) is 0 Å². The van der Waals surface area contributed by atoms with Crippen LogP contribution >= 0.6 is 11.6 Å². The molecule has 0 saturated heterocycles. The van der Waals surface area contributed by atoms with Crippen molar-refractivity contribution in [3.63, 3.8) is 0 Å². The van der Waals surface area contributed by atoms with Crippen LogP contribution in [0.5, 0.6) is 0 Å². The fourth-order valence-corrected chi connectivity index (χ4v) is 3.17. The van der Waals surface area contributed by atoms with Gasteiger partial charge in [0.2, 0.25) is 0 Å². The summed E-state index contributed by atoms with van der Waals surface area (Å²) in [4.78, 5) is 0. The normalized spacial score (nSPS) is 29.2. The van der Waals surface area contributed by atoms with Crippen LogP contribution in [0.1, 0.15) is 31.2 Å². The molecule has 17 heavy (non-hydrogen) atoms. The number of aliphatic hydroxyl groups excluding tert-OH is 1. The van der Waals surface area contributed by atoms with E-state index in [2.05, 4.69) is 11.4 Å². The number of nitrogens with one attached hydrogen (secondary N) is 1. The average molecular weight is 254 g/mol. The van der Waals surface area contributed by atoms with Gasteiger partial charge in [0.1, 0.15) is 0 Å². The van der Waals surface area contributed by atoms with Gasteiger partial charge >= 0.3 is 0 Å². The second-order valence-electron chi connectivity index (χ2n) is 4.96. The van der Waals surface area contributed by atoms with Gasteiger partial charge < -0.3 is 10.4 Å². The molecule has 2 nitrogen and oxygen atoms in total. The molecule has 0 aliphatic heterocycles. The van der Waals surface area contributed by atoms with Gasteiger partial charge in [0.15, 0.2) is 0 Å². The number of likely N-dealkylation sites (N-methyl/N-ethyl adjacent to an activating group) is 1. The number of hydrogen-bond donors (Lipinski definition) is 2. The van der Waals surface area contributed by atoms with Crippen molar-refractivity contribution < 1.29 is 5.11 Å². The molecule has 0 amide bonds. The molecule has 0 radical (unpaired) electrons. The van der Waals surface area contributed by atoms with Crippen molar-refractivity contribution in [3.8, 4) is 0 Å². The summed E-state index contributed by atoms with van der Waals surface area (Å²) in [5, 5.41) is 14.4. The van der Waals surface area contributed by atoms with E-state index >= 15 is 0 Å². The van der Waals surface area contributed by atoms with Crippen molar-refractivity contribution in [2.24, 2.45) is 0 Å². The smallest absolute Gasteiger partial charge is 0.0649 e. The molecule has 0 bridgehead atoms. The minimum absolute atomic E-state index is 0.169. The highest BCUT2D eigenvalue weighted by molar-refractivity contribution is 6.30. The third-order valence-corrected chi connectivity index (χ3v) is 4.12. The molecule has 0 unspecified atom stereocenters. The van der Waals surface area contributed by atoms with Crippen LogP contribution in [0.15, 0.2) is 24.3 Å². The lowest BCUT2D eigenvalue weighted by atomic mass is 9.67. The Morgan fingerprint density at radius 1 is 1.47 bits per heavy atom. The second kappa shape index (κ2) is 5.38. The van der Waals surface area contributed by atoms with Crippen LogP contribution in [0.25, 0.3) is 0 Å². The van der Waals surface area contributed by atoms with E-state index in [1.54, 1.807) is 0 Å². The summed E-state index contributed by atoms with van der Waals surface area (Å²) in [6.45, 7) is 0.800. The van der Waals surface area contributed by atoms with Crippen LogP contribution in [0.3, 0.4) is 0 Å². The monoisotopic (exact) mass is 253 g/mol. The zero-order valence-corrected chi connectivity index (χ0v) is 11.0. The summed E-state index contributed by atoms with van der Waals surface area (Å²) in [5.74, 6) is 0. The maximum absolute atomic E-state index is 10.4. The highest BCUT2D eigenvalue weighted by Crippen LogP contribution is 2.39. The SMILES string of the molecule is CNC[C@@]1(c2cccc(Cl)c2)CCCC[C@H]1O. The molecule has 0 spiro atoms. The Hall–Kier alpha value is -0.570. The van der Waals surface area contributed by atoms with Gasteiger partial charge in [-0.15, -0.1) is 0 Å². The lowest BCUT2D eigenvalue weighted by Crippen LogP contribution is -2.48. The lowest BCUT2D eigenvalue weighted by Gasteiger charge is -2.42. The quantitative estimate of drug-likeness (QED) is 0.868. The van der Waals surface area contributed by atoms with Gasteiger partial charge in [-0.05, 0) is 37.6 Å². The average Bonchev–Trinajstić information content (AvgIpc) is 2.32. The molecule has 3 heteroatoms. The number of halogens is 1. The molecular weight excluding hydrogens is 234 g/mol. The van der Waals surface area contributed by atoms with E-state index < -0.39 is 0 Å². The van der Waals surface area contributed by atoms with E-state index in [-0.39, 0.29) is 11.5 Å². The van der Waals surface area contributed by atoms with Gasteiger partial charge in [-0.1, -0.05) is 36.6 Å². The molecule has 1 aliphatic rings. The molecule has 1 fully saturated rings. The summed E-state index contributed by atoms with van der Waals surface area (Å²) in [6, 6.07) is 7.93. The van der Waals surface area contributed by atoms with Crippen molar-refractivity contribution in [2.45, 2.75) is 37.2 Å². The van der Waals surface area contributed by atoms with Gasteiger partial charge in [-0.3, -0.25) is 0 Å². The van der Waals surface area contributed by atoms with Crippen LogP contribution in [-0.4, -0.2) is 24.8 Å². The van der Waals surface area contributed by atoms with Crippen molar-refractivity contribution in [1.29, 1.82) is 0 Å². The third-order valence-electron chi connectivity index (χ3n) is 3.88. The van der Waals surface area contributed by atoms with E-state index in [1.165, 1.54) is 6.42 Å². The van der Waals surface area contributed by atoms with Crippen molar-refractivity contribution in [3.05, 3.63) is 34.9 Å². The Balaban J connectivity index is 2.39. The van der Waals surface area contributed by atoms with Crippen LogP contribution < -0.4 is 5.32 Å². The summed E-state index contributed by atoms with van der Waals surface area (Å²) in [7, 11) is 1.94.